The summed E-state index contributed by atoms with van der Waals surface area (Å²) in [5.74, 6) is 1.64. The van der Waals surface area contributed by atoms with Crippen LogP contribution < -0.4 is 5.32 Å². The zero-order valence-electron chi connectivity index (χ0n) is 14.1. The fourth-order valence-corrected chi connectivity index (χ4v) is 4.35. The monoisotopic (exact) mass is 300 g/mol. The van der Waals surface area contributed by atoms with Gasteiger partial charge in [-0.15, -0.1) is 0 Å². The van der Waals surface area contributed by atoms with Crippen LogP contribution in [-0.2, 0) is 0 Å². The van der Waals surface area contributed by atoms with Gasteiger partial charge in [0, 0.05) is 19.1 Å². The first-order valence-electron chi connectivity index (χ1n) is 9.36. The minimum absolute atomic E-state index is 0.672. The fraction of sp³-hybridized carbons (Fsp3) is 0.700. The van der Waals surface area contributed by atoms with Gasteiger partial charge in [-0.25, -0.2) is 0 Å². The lowest BCUT2D eigenvalue weighted by molar-refractivity contribution is 0.168. The summed E-state index contributed by atoms with van der Waals surface area (Å²) < 4.78 is 0. The van der Waals surface area contributed by atoms with Crippen LogP contribution in [0.25, 0.3) is 0 Å². The summed E-state index contributed by atoms with van der Waals surface area (Å²) in [6, 6.07) is 11.8. The van der Waals surface area contributed by atoms with E-state index in [-0.39, 0.29) is 0 Å². The highest BCUT2D eigenvalue weighted by molar-refractivity contribution is 5.21. The molecule has 1 aliphatic heterocycles. The molecule has 1 heterocycles. The molecule has 1 saturated carbocycles. The third-order valence-corrected chi connectivity index (χ3v) is 5.51. The number of rotatable bonds is 6. The number of likely N-dealkylation sites (tertiary alicyclic amines) is 1. The largest absolute Gasteiger partial charge is 0.312 e. The van der Waals surface area contributed by atoms with Gasteiger partial charge in [-0.05, 0) is 56.2 Å². The number of piperidine rings is 1. The van der Waals surface area contributed by atoms with Gasteiger partial charge in [-0.1, -0.05) is 50.1 Å². The molecule has 2 heteroatoms. The van der Waals surface area contributed by atoms with Gasteiger partial charge in [0.2, 0.25) is 0 Å². The fourth-order valence-electron chi connectivity index (χ4n) is 4.35. The van der Waals surface area contributed by atoms with Crippen molar-refractivity contribution in [2.24, 2.45) is 5.92 Å². The first kappa shape index (κ1) is 16.0. The summed E-state index contributed by atoms with van der Waals surface area (Å²) >= 11 is 0. The average molecular weight is 300 g/mol. The maximum atomic E-state index is 3.91. The van der Waals surface area contributed by atoms with Crippen molar-refractivity contribution < 1.29 is 0 Å². The van der Waals surface area contributed by atoms with Crippen molar-refractivity contribution in [1.82, 2.24) is 10.2 Å². The molecule has 2 aliphatic rings. The van der Waals surface area contributed by atoms with Crippen LogP contribution in [0.4, 0.5) is 0 Å². The zero-order valence-corrected chi connectivity index (χ0v) is 14.1. The molecule has 0 bridgehead atoms. The average Bonchev–Trinajstić information content (AvgIpc) is 3.07. The molecule has 1 aliphatic carbocycles. The van der Waals surface area contributed by atoms with Gasteiger partial charge < -0.3 is 10.2 Å². The van der Waals surface area contributed by atoms with Gasteiger partial charge in [0.25, 0.3) is 0 Å². The molecule has 2 unspecified atom stereocenters. The number of hydrogen-bond donors (Lipinski definition) is 1. The molecule has 2 atom stereocenters. The molecule has 3 rings (SSSR count). The lowest BCUT2D eigenvalue weighted by Crippen LogP contribution is -2.49. The summed E-state index contributed by atoms with van der Waals surface area (Å²) in [5.41, 5.74) is 1.52. The van der Waals surface area contributed by atoms with Gasteiger partial charge in [-0.2, -0.15) is 0 Å². The van der Waals surface area contributed by atoms with E-state index in [2.05, 4.69) is 47.5 Å². The molecule has 122 valence electrons. The van der Waals surface area contributed by atoms with Crippen molar-refractivity contribution in [3.8, 4) is 0 Å². The van der Waals surface area contributed by atoms with E-state index in [0.717, 1.165) is 5.92 Å². The minimum atomic E-state index is 0.672. The lowest BCUT2D eigenvalue weighted by Gasteiger charge is -2.39. The van der Waals surface area contributed by atoms with Crippen LogP contribution in [0, 0.1) is 5.92 Å². The van der Waals surface area contributed by atoms with E-state index in [4.69, 9.17) is 0 Å². The molecule has 22 heavy (non-hydrogen) atoms. The van der Waals surface area contributed by atoms with E-state index < -0.39 is 0 Å². The molecule has 0 amide bonds. The standard InChI is InChI=1S/C20H32N2/c1-2-12-22-15-19(18-10-4-3-5-11-18)13-20(16-22)21-14-17-8-6-7-9-17/h3-5,10-11,17,19-21H,2,6-9,12-16H2,1H3. The Bertz CT molecular complexity index is 425. The maximum absolute atomic E-state index is 3.91. The quantitative estimate of drug-likeness (QED) is 0.853. The summed E-state index contributed by atoms with van der Waals surface area (Å²) in [4.78, 5) is 2.67. The number of hydrogen-bond acceptors (Lipinski definition) is 2. The Labute approximate surface area is 136 Å². The van der Waals surface area contributed by atoms with Crippen molar-refractivity contribution in [1.29, 1.82) is 0 Å². The highest BCUT2D eigenvalue weighted by atomic mass is 15.2. The first-order valence-corrected chi connectivity index (χ1v) is 9.36. The third-order valence-electron chi connectivity index (χ3n) is 5.51. The molecule has 2 nitrogen and oxygen atoms in total. The second kappa shape index (κ2) is 8.12. The predicted octanol–water partition coefficient (Wildman–Crippen LogP) is 4.03. The molecule has 0 spiro atoms. The van der Waals surface area contributed by atoms with Crippen LogP contribution in [0.2, 0.25) is 0 Å². The van der Waals surface area contributed by atoms with Crippen molar-refractivity contribution in [3.05, 3.63) is 35.9 Å². The second-order valence-corrected chi connectivity index (χ2v) is 7.36. The highest BCUT2D eigenvalue weighted by Gasteiger charge is 2.28. The van der Waals surface area contributed by atoms with Crippen molar-refractivity contribution >= 4 is 0 Å². The summed E-state index contributed by atoms with van der Waals surface area (Å²) in [6.45, 7) is 7.26. The van der Waals surface area contributed by atoms with E-state index in [1.807, 2.05) is 0 Å². The Morgan fingerprint density at radius 3 is 2.59 bits per heavy atom. The lowest BCUT2D eigenvalue weighted by atomic mass is 9.87. The van der Waals surface area contributed by atoms with Crippen molar-refractivity contribution in [3.63, 3.8) is 0 Å². The number of nitrogens with one attached hydrogen (secondary N) is 1. The maximum Gasteiger partial charge on any atom is 0.0201 e. The molecule has 1 N–H and O–H groups in total. The Balaban J connectivity index is 1.59. The number of benzene rings is 1. The molecule has 1 aromatic carbocycles. The van der Waals surface area contributed by atoms with Crippen LogP contribution in [0.1, 0.15) is 56.9 Å². The zero-order chi connectivity index (χ0) is 15.2. The molecule has 2 fully saturated rings. The van der Waals surface area contributed by atoms with Gasteiger partial charge in [-0.3, -0.25) is 0 Å². The van der Waals surface area contributed by atoms with E-state index in [9.17, 15) is 0 Å². The van der Waals surface area contributed by atoms with Gasteiger partial charge >= 0.3 is 0 Å². The van der Waals surface area contributed by atoms with Gasteiger partial charge in [0.15, 0.2) is 0 Å². The summed E-state index contributed by atoms with van der Waals surface area (Å²) in [6.07, 6.45) is 8.35. The van der Waals surface area contributed by atoms with Gasteiger partial charge in [0.05, 0.1) is 0 Å². The van der Waals surface area contributed by atoms with E-state index in [1.165, 1.54) is 70.3 Å². The molecule has 1 aromatic rings. The Morgan fingerprint density at radius 1 is 1.09 bits per heavy atom. The van der Waals surface area contributed by atoms with Crippen molar-refractivity contribution in [2.45, 2.75) is 57.4 Å². The molecule has 1 saturated heterocycles. The van der Waals surface area contributed by atoms with Crippen LogP contribution >= 0.6 is 0 Å². The smallest absolute Gasteiger partial charge is 0.0201 e. The van der Waals surface area contributed by atoms with E-state index in [1.54, 1.807) is 0 Å². The van der Waals surface area contributed by atoms with Crippen molar-refractivity contribution in [2.75, 3.05) is 26.2 Å². The summed E-state index contributed by atoms with van der Waals surface area (Å²) in [5, 5.41) is 3.91. The SMILES string of the molecule is CCCN1CC(NCC2CCCC2)CC(c2ccccc2)C1. The predicted molar refractivity (Wildman–Crippen MR) is 94.3 cm³/mol. The Hall–Kier alpha value is -0.860. The molecular weight excluding hydrogens is 268 g/mol. The van der Waals surface area contributed by atoms with Gasteiger partial charge in [0.1, 0.15) is 0 Å². The van der Waals surface area contributed by atoms with Crippen LogP contribution in [-0.4, -0.2) is 37.1 Å². The summed E-state index contributed by atoms with van der Waals surface area (Å²) in [7, 11) is 0. The molecule has 0 aromatic heterocycles. The topological polar surface area (TPSA) is 15.3 Å². The molecular formula is C20H32N2. The Kier molecular flexibility index (Phi) is 5.91. The third kappa shape index (κ3) is 4.33. The highest BCUT2D eigenvalue weighted by Crippen LogP contribution is 2.28. The van der Waals surface area contributed by atoms with Crippen LogP contribution in [0.5, 0.6) is 0 Å². The first-order chi connectivity index (χ1) is 10.8. The number of nitrogens with zero attached hydrogens (tertiary/aromatic N) is 1. The Morgan fingerprint density at radius 2 is 1.86 bits per heavy atom. The molecule has 0 radical (unpaired) electrons. The van der Waals surface area contributed by atoms with Crippen LogP contribution in [0.3, 0.4) is 0 Å². The normalized spacial score (nSPS) is 27.3. The van der Waals surface area contributed by atoms with E-state index in [0.29, 0.717) is 12.0 Å². The van der Waals surface area contributed by atoms with E-state index >= 15 is 0 Å². The minimum Gasteiger partial charge on any atom is -0.312 e. The van der Waals surface area contributed by atoms with Crippen LogP contribution in [0.15, 0.2) is 30.3 Å². The second-order valence-electron chi connectivity index (χ2n) is 7.36.